The van der Waals surface area contributed by atoms with E-state index in [4.69, 9.17) is 11.6 Å². The van der Waals surface area contributed by atoms with Gasteiger partial charge in [0.2, 0.25) is 5.91 Å². The number of hydrogen-bond donors (Lipinski definition) is 1. The van der Waals surface area contributed by atoms with E-state index in [1.54, 1.807) is 29.7 Å². The number of nitrogens with one attached hydrogen (secondary N) is 1. The van der Waals surface area contributed by atoms with Crippen molar-refractivity contribution in [1.29, 1.82) is 0 Å². The maximum absolute atomic E-state index is 12.0. The molecule has 0 unspecified atom stereocenters. The second-order valence-electron chi connectivity index (χ2n) is 4.72. The molecule has 0 aromatic carbocycles. The highest BCUT2D eigenvalue weighted by molar-refractivity contribution is 7.10. The highest BCUT2D eigenvalue weighted by Gasteiger charge is 2.19. The van der Waals surface area contributed by atoms with E-state index in [0.29, 0.717) is 17.4 Å². The van der Waals surface area contributed by atoms with Crippen molar-refractivity contribution < 1.29 is 4.79 Å². The minimum Gasteiger partial charge on any atom is -0.322 e. The summed E-state index contributed by atoms with van der Waals surface area (Å²) in [6.07, 6.45) is 2.62. The van der Waals surface area contributed by atoms with Crippen LogP contribution in [-0.4, -0.2) is 28.9 Å². The van der Waals surface area contributed by atoms with Gasteiger partial charge in [-0.05, 0) is 35.6 Å². The standard InChI is InChI=1S/C14H14ClN3OS/c15-14-11(2-1-5-16-14)17-13(19)9-18-6-3-12-10(8-18)4-7-20-12/h1-2,4-5,7H,3,6,8-9H2,(H,17,19). The number of nitrogens with zero attached hydrogens (tertiary/aromatic N) is 2. The first-order valence-electron chi connectivity index (χ1n) is 6.40. The molecule has 1 N–H and O–H groups in total. The number of fused-ring (bicyclic) bond motifs is 1. The van der Waals surface area contributed by atoms with Crippen LogP contribution in [0.2, 0.25) is 5.15 Å². The molecule has 0 aliphatic carbocycles. The second kappa shape index (κ2) is 5.91. The Balaban J connectivity index is 1.59. The number of pyridine rings is 1. The predicted octanol–water partition coefficient (Wildman–Crippen LogP) is 2.79. The molecule has 20 heavy (non-hydrogen) atoms. The summed E-state index contributed by atoms with van der Waals surface area (Å²) in [5.41, 5.74) is 1.90. The summed E-state index contributed by atoms with van der Waals surface area (Å²) in [7, 11) is 0. The van der Waals surface area contributed by atoms with Crippen molar-refractivity contribution in [2.45, 2.75) is 13.0 Å². The minimum atomic E-state index is -0.0569. The normalized spacial score (nSPS) is 14.8. The number of hydrogen-bond acceptors (Lipinski definition) is 4. The Kier molecular flexibility index (Phi) is 4.00. The van der Waals surface area contributed by atoms with E-state index in [0.717, 1.165) is 19.5 Å². The molecule has 0 radical (unpaired) electrons. The van der Waals surface area contributed by atoms with Crippen LogP contribution in [-0.2, 0) is 17.8 Å². The number of carbonyl (C=O) groups is 1. The van der Waals surface area contributed by atoms with Crippen molar-refractivity contribution >= 4 is 34.5 Å². The summed E-state index contributed by atoms with van der Waals surface area (Å²) in [6, 6.07) is 5.64. The van der Waals surface area contributed by atoms with Crippen LogP contribution < -0.4 is 5.32 Å². The summed E-state index contributed by atoms with van der Waals surface area (Å²) in [6.45, 7) is 2.13. The van der Waals surface area contributed by atoms with E-state index in [-0.39, 0.29) is 5.91 Å². The topological polar surface area (TPSA) is 45.2 Å². The van der Waals surface area contributed by atoms with E-state index < -0.39 is 0 Å². The fourth-order valence-electron chi connectivity index (χ4n) is 2.31. The molecule has 2 aromatic heterocycles. The Labute approximate surface area is 126 Å². The van der Waals surface area contributed by atoms with E-state index in [1.807, 2.05) is 0 Å². The van der Waals surface area contributed by atoms with Crippen molar-refractivity contribution in [2.75, 3.05) is 18.4 Å². The fourth-order valence-corrected chi connectivity index (χ4v) is 3.37. The van der Waals surface area contributed by atoms with Crippen LogP contribution in [0, 0.1) is 0 Å². The zero-order chi connectivity index (χ0) is 13.9. The van der Waals surface area contributed by atoms with Gasteiger partial charge in [-0.25, -0.2) is 4.98 Å². The number of carbonyl (C=O) groups excluding carboxylic acids is 1. The number of aromatic nitrogens is 1. The number of amides is 1. The van der Waals surface area contributed by atoms with Gasteiger partial charge in [0.05, 0.1) is 12.2 Å². The van der Waals surface area contributed by atoms with Crippen LogP contribution in [0.4, 0.5) is 5.69 Å². The van der Waals surface area contributed by atoms with Gasteiger partial charge in [-0.1, -0.05) is 11.6 Å². The molecule has 6 heteroatoms. The fraction of sp³-hybridized carbons (Fsp3) is 0.286. The Morgan fingerprint density at radius 2 is 2.40 bits per heavy atom. The molecule has 1 aliphatic heterocycles. The molecule has 0 bridgehead atoms. The van der Waals surface area contributed by atoms with Gasteiger partial charge in [0.25, 0.3) is 0 Å². The largest absolute Gasteiger partial charge is 0.322 e. The zero-order valence-corrected chi connectivity index (χ0v) is 12.4. The van der Waals surface area contributed by atoms with Crippen LogP contribution in [0.3, 0.4) is 0 Å². The van der Waals surface area contributed by atoms with Gasteiger partial charge in [-0.3, -0.25) is 9.69 Å². The lowest BCUT2D eigenvalue weighted by Crippen LogP contribution is -2.36. The van der Waals surface area contributed by atoms with Gasteiger partial charge < -0.3 is 5.32 Å². The van der Waals surface area contributed by atoms with Crippen molar-refractivity contribution in [3.8, 4) is 0 Å². The SMILES string of the molecule is O=C(CN1CCc2sccc2C1)Nc1cccnc1Cl. The van der Waals surface area contributed by atoms with E-state index >= 15 is 0 Å². The molecular formula is C14H14ClN3OS. The van der Waals surface area contributed by atoms with Gasteiger partial charge in [-0.15, -0.1) is 11.3 Å². The first-order chi connectivity index (χ1) is 9.72. The maximum Gasteiger partial charge on any atom is 0.238 e. The van der Waals surface area contributed by atoms with E-state index in [2.05, 4.69) is 26.6 Å². The molecule has 4 nitrogen and oxygen atoms in total. The van der Waals surface area contributed by atoms with Crippen LogP contribution in [0.25, 0.3) is 0 Å². The highest BCUT2D eigenvalue weighted by Crippen LogP contribution is 2.24. The summed E-state index contributed by atoms with van der Waals surface area (Å²) in [5.74, 6) is -0.0569. The third-order valence-corrected chi connectivity index (χ3v) is 4.61. The third kappa shape index (κ3) is 3.00. The molecule has 1 amide bonds. The monoisotopic (exact) mass is 307 g/mol. The van der Waals surface area contributed by atoms with Gasteiger partial charge in [-0.2, -0.15) is 0 Å². The first-order valence-corrected chi connectivity index (χ1v) is 7.66. The average molecular weight is 308 g/mol. The summed E-state index contributed by atoms with van der Waals surface area (Å²) in [4.78, 5) is 19.6. The second-order valence-corrected chi connectivity index (χ2v) is 6.08. The van der Waals surface area contributed by atoms with Gasteiger partial charge >= 0.3 is 0 Å². The summed E-state index contributed by atoms with van der Waals surface area (Å²) < 4.78 is 0. The van der Waals surface area contributed by atoms with Gasteiger partial charge in [0, 0.05) is 24.2 Å². The summed E-state index contributed by atoms with van der Waals surface area (Å²) >= 11 is 7.72. The van der Waals surface area contributed by atoms with Crippen LogP contribution in [0.5, 0.6) is 0 Å². The molecule has 0 fully saturated rings. The molecule has 3 rings (SSSR count). The molecule has 104 valence electrons. The Morgan fingerprint density at radius 1 is 1.50 bits per heavy atom. The molecule has 0 spiro atoms. The van der Waals surface area contributed by atoms with Crippen molar-refractivity contribution in [1.82, 2.24) is 9.88 Å². The van der Waals surface area contributed by atoms with Crippen LogP contribution in [0.1, 0.15) is 10.4 Å². The number of anilines is 1. The smallest absolute Gasteiger partial charge is 0.238 e. The van der Waals surface area contributed by atoms with Gasteiger partial charge in [0.15, 0.2) is 5.15 Å². The Bertz CT molecular complexity index is 628. The molecule has 0 saturated carbocycles. The van der Waals surface area contributed by atoms with Crippen LogP contribution in [0.15, 0.2) is 29.8 Å². The van der Waals surface area contributed by atoms with E-state index in [1.165, 1.54) is 10.4 Å². The van der Waals surface area contributed by atoms with Crippen LogP contribution >= 0.6 is 22.9 Å². The lowest BCUT2D eigenvalue weighted by Gasteiger charge is -2.26. The Morgan fingerprint density at radius 3 is 3.25 bits per heavy atom. The summed E-state index contributed by atoms with van der Waals surface area (Å²) in [5, 5.41) is 5.24. The molecule has 3 heterocycles. The molecule has 0 saturated heterocycles. The lowest BCUT2D eigenvalue weighted by molar-refractivity contribution is -0.117. The third-order valence-electron chi connectivity index (χ3n) is 3.29. The first kappa shape index (κ1) is 13.5. The van der Waals surface area contributed by atoms with Crippen molar-refractivity contribution in [3.63, 3.8) is 0 Å². The predicted molar refractivity (Wildman–Crippen MR) is 81.2 cm³/mol. The minimum absolute atomic E-state index is 0.0569. The van der Waals surface area contributed by atoms with Gasteiger partial charge in [0.1, 0.15) is 0 Å². The number of thiophene rings is 1. The molecule has 1 aliphatic rings. The molecule has 0 atom stereocenters. The van der Waals surface area contributed by atoms with E-state index in [9.17, 15) is 4.79 Å². The molecule has 2 aromatic rings. The zero-order valence-electron chi connectivity index (χ0n) is 10.8. The number of halogens is 1. The average Bonchev–Trinajstić information content (AvgIpc) is 2.89. The van der Waals surface area contributed by atoms with Crippen molar-refractivity contribution in [2.24, 2.45) is 0 Å². The Hall–Kier alpha value is -1.43. The lowest BCUT2D eigenvalue weighted by atomic mass is 10.1. The maximum atomic E-state index is 12.0. The highest BCUT2D eigenvalue weighted by atomic mass is 35.5. The molecular weight excluding hydrogens is 294 g/mol. The number of rotatable bonds is 3. The quantitative estimate of drug-likeness (QED) is 0.887. The van der Waals surface area contributed by atoms with Crippen molar-refractivity contribution in [3.05, 3.63) is 45.4 Å².